The van der Waals surface area contributed by atoms with Gasteiger partial charge in [-0.25, -0.2) is 27.1 Å². The summed E-state index contributed by atoms with van der Waals surface area (Å²) in [7, 11) is -4.06. The van der Waals surface area contributed by atoms with Crippen molar-refractivity contribution in [2.45, 2.75) is 18.7 Å². The van der Waals surface area contributed by atoms with Crippen LogP contribution in [-0.4, -0.2) is 26.8 Å². The molecule has 0 aliphatic heterocycles. The van der Waals surface area contributed by atoms with E-state index in [9.17, 15) is 26.8 Å². The van der Waals surface area contributed by atoms with Crippen LogP contribution >= 0.6 is 0 Å². The molecular formula is C17H15F2NO5S. The predicted octanol–water partition coefficient (Wildman–Crippen LogP) is 2.27. The Morgan fingerprint density at radius 2 is 1.77 bits per heavy atom. The van der Waals surface area contributed by atoms with Gasteiger partial charge in [0.05, 0.1) is 16.0 Å². The maximum Gasteiger partial charge on any atom is 0.338 e. The van der Waals surface area contributed by atoms with Gasteiger partial charge in [0.25, 0.3) is 0 Å². The summed E-state index contributed by atoms with van der Waals surface area (Å²) >= 11 is 0. The number of esters is 1. The lowest BCUT2D eigenvalue weighted by Gasteiger charge is -2.10. The Balaban J connectivity index is 2.22. The van der Waals surface area contributed by atoms with E-state index in [0.717, 1.165) is 18.2 Å². The SMILES string of the molecule is Cc1cc(C(=O)OCC(=O)c2cc(F)ccc2F)cc(S(N)(=O)=O)c1C. The maximum absolute atomic E-state index is 13.5. The lowest BCUT2D eigenvalue weighted by atomic mass is 10.1. The van der Waals surface area contributed by atoms with Gasteiger partial charge in [-0.2, -0.15) is 0 Å². The molecule has 2 rings (SSSR count). The molecule has 0 bridgehead atoms. The Labute approximate surface area is 148 Å². The van der Waals surface area contributed by atoms with E-state index < -0.39 is 45.6 Å². The summed E-state index contributed by atoms with van der Waals surface area (Å²) < 4.78 is 54.6. The Bertz CT molecular complexity index is 1000. The predicted molar refractivity (Wildman–Crippen MR) is 88.3 cm³/mol. The van der Waals surface area contributed by atoms with Crippen molar-refractivity contribution in [3.63, 3.8) is 0 Å². The number of halogens is 2. The molecule has 0 atom stereocenters. The third-order valence-corrected chi connectivity index (χ3v) is 4.76. The molecule has 0 unspecified atom stereocenters. The number of aryl methyl sites for hydroxylation is 1. The number of primary sulfonamides is 1. The van der Waals surface area contributed by atoms with Crippen molar-refractivity contribution in [1.29, 1.82) is 0 Å². The van der Waals surface area contributed by atoms with Crippen LogP contribution in [0.2, 0.25) is 0 Å². The van der Waals surface area contributed by atoms with Gasteiger partial charge in [0.1, 0.15) is 11.6 Å². The summed E-state index contributed by atoms with van der Waals surface area (Å²) in [6, 6.07) is 4.74. The number of Topliss-reactive ketones (excluding diaryl/α,β-unsaturated/α-hetero) is 1. The third kappa shape index (κ3) is 4.30. The van der Waals surface area contributed by atoms with Crippen LogP contribution in [-0.2, 0) is 14.8 Å². The highest BCUT2D eigenvalue weighted by molar-refractivity contribution is 7.89. The van der Waals surface area contributed by atoms with E-state index in [1.807, 2.05) is 0 Å². The topological polar surface area (TPSA) is 104 Å². The maximum atomic E-state index is 13.5. The number of ketones is 1. The van der Waals surface area contributed by atoms with Crippen molar-refractivity contribution in [2.75, 3.05) is 6.61 Å². The fourth-order valence-electron chi connectivity index (χ4n) is 2.24. The standard InChI is InChI=1S/C17H15F2NO5S/c1-9-5-11(6-16(10(9)2)26(20,23)24)17(22)25-8-15(21)13-7-12(18)3-4-14(13)19/h3-7H,8H2,1-2H3,(H2,20,23,24). The van der Waals surface area contributed by atoms with Gasteiger partial charge in [-0.05, 0) is 55.3 Å². The van der Waals surface area contributed by atoms with Crippen molar-refractivity contribution in [3.05, 3.63) is 64.2 Å². The summed E-state index contributed by atoms with van der Waals surface area (Å²) in [5.74, 6) is -3.70. The summed E-state index contributed by atoms with van der Waals surface area (Å²) in [6.45, 7) is 2.27. The van der Waals surface area contributed by atoms with Gasteiger partial charge in [-0.3, -0.25) is 4.79 Å². The van der Waals surface area contributed by atoms with E-state index in [-0.39, 0.29) is 10.5 Å². The van der Waals surface area contributed by atoms with Crippen LogP contribution in [0.25, 0.3) is 0 Å². The second-order valence-electron chi connectivity index (χ2n) is 5.58. The normalized spacial score (nSPS) is 11.3. The highest BCUT2D eigenvalue weighted by Gasteiger charge is 2.20. The molecule has 2 aromatic carbocycles. The molecule has 0 aliphatic carbocycles. The van der Waals surface area contributed by atoms with Gasteiger partial charge in [-0.15, -0.1) is 0 Å². The summed E-state index contributed by atoms with van der Waals surface area (Å²) in [4.78, 5) is 23.8. The molecule has 0 radical (unpaired) electrons. The van der Waals surface area contributed by atoms with E-state index in [4.69, 9.17) is 9.88 Å². The van der Waals surface area contributed by atoms with Gasteiger partial charge < -0.3 is 4.74 Å². The van der Waals surface area contributed by atoms with E-state index in [1.54, 1.807) is 6.92 Å². The lowest BCUT2D eigenvalue weighted by Crippen LogP contribution is -2.18. The summed E-state index contributed by atoms with van der Waals surface area (Å²) in [5, 5.41) is 5.11. The quantitative estimate of drug-likeness (QED) is 0.630. The fraction of sp³-hybridized carbons (Fsp3) is 0.176. The Kier molecular flexibility index (Phi) is 5.53. The smallest absolute Gasteiger partial charge is 0.338 e. The number of rotatable bonds is 5. The molecule has 0 aromatic heterocycles. The minimum Gasteiger partial charge on any atom is -0.454 e. The Morgan fingerprint density at radius 1 is 1.12 bits per heavy atom. The second kappa shape index (κ2) is 7.30. The second-order valence-corrected chi connectivity index (χ2v) is 7.11. The van der Waals surface area contributed by atoms with E-state index >= 15 is 0 Å². The molecule has 0 fully saturated rings. The van der Waals surface area contributed by atoms with E-state index in [0.29, 0.717) is 17.2 Å². The molecule has 2 N–H and O–H groups in total. The summed E-state index contributed by atoms with van der Waals surface area (Å²) in [6.07, 6.45) is 0. The first-order valence-corrected chi connectivity index (χ1v) is 8.84. The zero-order valence-corrected chi connectivity index (χ0v) is 14.7. The third-order valence-electron chi connectivity index (χ3n) is 3.73. The Morgan fingerprint density at radius 3 is 2.38 bits per heavy atom. The van der Waals surface area contributed by atoms with Crippen molar-refractivity contribution in [3.8, 4) is 0 Å². The van der Waals surface area contributed by atoms with Gasteiger partial charge in [0, 0.05) is 0 Å². The molecule has 0 spiro atoms. The van der Waals surface area contributed by atoms with Gasteiger partial charge in [0.15, 0.2) is 6.61 Å². The molecule has 9 heteroatoms. The number of sulfonamides is 1. The van der Waals surface area contributed by atoms with Crippen LogP contribution in [0.15, 0.2) is 35.2 Å². The first-order valence-electron chi connectivity index (χ1n) is 7.30. The van der Waals surface area contributed by atoms with Gasteiger partial charge in [0.2, 0.25) is 15.8 Å². The molecule has 0 amide bonds. The fourth-order valence-corrected chi connectivity index (χ4v) is 3.12. The van der Waals surface area contributed by atoms with Gasteiger partial charge >= 0.3 is 5.97 Å². The average Bonchev–Trinajstić information content (AvgIpc) is 2.55. The molecule has 0 heterocycles. The monoisotopic (exact) mass is 383 g/mol. The first kappa shape index (κ1) is 19.7. The van der Waals surface area contributed by atoms with E-state index in [2.05, 4.69) is 0 Å². The highest BCUT2D eigenvalue weighted by Crippen LogP contribution is 2.21. The van der Waals surface area contributed by atoms with Crippen molar-refractivity contribution >= 4 is 21.8 Å². The molecule has 0 saturated carbocycles. The van der Waals surface area contributed by atoms with Crippen molar-refractivity contribution in [2.24, 2.45) is 5.14 Å². The number of hydrogen-bond donors (Lipinski definition) is 1. The zero-order chi connectivity index (χ0) is 19.6. The number of ether oxygens (including phenoxy) is 1. The van der Waals surface area contributed by atoms with Gasteiger partial charge in [-0.1, -0.05) is 0 Å². The summed E-state index contributed by atoms with van der Waals surface area (Å²) in [5.41, 5.74) is 0.167. The lowest BCUT2D eigenvalue weighted by molar-refractivity contribution is 0.0473. The van der Waals surface area contributed by atoms with Crippen LogP contribution in [0, 0.1) is 25.5 Å². The van der Waals surface area contributed by atoms with E-state index in [1.165, 1.54) is 13.0 Å². The minimum atomic E-state index is -4.06. The number of carbonyl (C=O) groups excluding carboxylic acids is 2. The number of nitrogens with two attached hydrogens (primary N) is 1. The van der Waals surface area contributed by atoms with Crippen LogP contribution in [0.5, 0.6) is 0 Å². The minimum absolute atomic E-state index is 0.135. The first-order chi connectivity index (χ1) is 12.0. The average molecular weight is 383 g/mol. The molecule has 26 heavy (non-hydrogen) atoms. The molecule has 0 saturated heterocycles. The molecule has 138 valence electrons. The Hall–Kier alpha value is -2.65. The molecule has 6 nitrogen and oxygen atoms in total. The molecule has 2 aromatic rings. The number of carbonyl (C=O) groups is 2. The van der Waals surface area contributed by atoms with Crippen molar-refractivity contribution < 1.29 is 31.5 Å². The molecular weight excluding hydrogens is 368 g/mol. The number of benzene rings is 2. The zero-order valence-electron chi connectivity index (χ0n) is 13.9. The van der Waals surface area contributed by atoms with Crippen LogP contribution in [0.1, 0.15) is 31.8 Å². The highest BCUT2D eigenvalue weighted by atomic mass is 32.2. The number of hydrogen-bond acceptors (Lipinski definition) is 5. The largest absolute Gasteiger partial charge is 0.454 e. The van der Waals surface area contributed by atoms with Crippen LogP contribution < -0.4 is 5.14 Å². The van der Waals surface area contributed by atoms with Crippen molar-refractivity contribution in [1.82, 2.24) is 0 Å². The van der Waals surface area contributed by atoms with Crippen LogP contribution in [0.3, 0.4) is 0 Å². The molecule has 0 aliphatic rings. The van der Waals surface area contributed by atoms with Crippen LogP contribution in [0.4, 0.5) is 8.78 Å².